The summed E-state index contributed by atoms with van der Waals surface area (Å²) in [5, 5.41) is 0. The summed E-state index contributed by atoms with van der Waals surface area (Å²) in [6.07, 6.45) is 7.66. The van der Waals surface area contributed by atoms with Gasteiger partial charge in [-0.05, 0) is 56.1 Å². The number of hydrogen-bond acceptors (Lipinski definition) is 2. The third-order valence-electron chi connectivity index (χ3n) is 5.25. The Bertz CT molecular complexity index is 470. The number of fused-ring (bicyclic) bond motifs is 1. The van der Waals surface area contributed by atoms with Crippen molar-refractivity contribution >= 4 is 0 Å². The maximum absolute atomic E-state index is 6.35. The minimum absolute atomic E-state index is 0.346. The van der Waals surface area contributed by atoms with Gasteiger partial charge in [0.2, 0.25) is 0 Å². The molecule has 1 aromatic rings. The lowest BCUT2D eigenvalue weighted by molar-refractivity contribution is 0.142. The van der Waals surface area contributed by atoms with Crippen molar-refractivity contribution in [2.75, 3.05) is 0 Å². The van der Waals surface area contributed by atoms with Gasteiger partial charge in [-0.2, -0.15) is 0 Å². The van der Waals surface area contributed by atoms with Gasteiger partial charge >= 0.3 is 0 Å². The Morgan fingerprint density at radius 1 is 1.30 bits per heavy atom. The maximum Gasteiger partial charge on any atom is 0.123 e. The zero-order valence-corrected chi connectivity index (χ0v) is 12.8. The molecule has 1 fully saturated rings. The molecule has 0 amide bonds. The van der Waals surface area contributed by atoms with Gasteiger partial charge in [-0.25, -0.2) is 0 Å². The summed E-state index contributed by atoms with van der Waals surface area (Å²) in [5.74, 6) is 2.62. The summed E-state index contributed by atoms with van der Waals surface area (Å²) in [4.78, 5) is 0. The van der Waals surface area contributed by atoms with Gasteiger partial charge in [-0.3, -0.25) is 0 Å². The molecule has 1 saturated carbocycles. The molecule has 1 heterocycles. The highest BCUT2D eigenvalue weighted by Crippen LogP contribution is 2.37. The predicted octanol–water partition coefficient (Wildman–Crippen LogP) is 3.84. The molecule has 1 aliphatic carbocycles. The number of benzene rings is 1. The summed E-state index contributed by atoms with van der Waals surface area (Å²) in [5.41, 5.74) is 9.06. The fourth-order valence-electron chi connectivity index (χ4n) is 3.94. The van der Waals surface area contributed by atoms with Crippen molar-refractivity contribution in [3.8, 4) is 5.75 Å². The highest BCUT2D eigenvalue weighted by Gasteiger charge is 2.32. The lowest BCUT2D eigenvalue weighted by Gasteiger charge is -2.35. The van der Waals surface area contributed by atoms with E-state index in [1.54, 1.807) is 0 Å². The second kappa shape index (κ2) is 5.77. The molecule has 4 atom stereocenters. The zero-order chi connectivity index (χ0) is 14.1. The summed E-state index contributed by atoms with van der Waals surface area (Å²) >= 11 is 0. The van der Waals surface area contributed by atoms with Crippen molar-refractivity contribution in [2.24, 2.45) is 17.6 Å². The van der Waals surface area contributed by atoms with E-state index in [9.17, 15) is 0 Å². The highest BCUT2D eigenvalue weighted by molar-refractivity contribution is 5.40. The molecule has 2 heteroatoms. The van der Waals surface area contributed by atoms with Crippen molar-refractivity contribution in [3.05, 3.63) is 29.3 Å². The molecule has 110 valence electrons. The molecule has 0 radical (unpaired) electrons. The number of hydrogen-bond donors (Lipinski definition) is 1. The summed E-state index contributed by atoms with van der Waals surface area (Å²) in [6.45, 7) is 4.46. The van der Waals surface area contributed by atoms with Crippen LogP contribution in [0.5, 0.6) is 5.75 Å². The average molecular weight is 273 g/mol. The molecule has 1 aliphatic heterocycles. The Labute approximate surface area is 122 Å². The Morgan fingerprint density at radius 2 is 2.15 bits per heavy atom. The smallest absolute Gasteiger partial charge is 0.123 e. The number of ether oxygens (including phenoxy) is 1. The minimum atomic E-state index is 0.346. The van der Waals surface area contributed by atoms with Gasteiger partial charge in [0.15, 0.2) is 0 Å². The number of rotatable bonds is 3. The lowest BCUT2D eigenvalue weighted by atomic mass is 9.75. The molecule has 2 nitrogen and oxygen atoms in total. The van der Waals surface area contributed by atoms with Gasteiger partial charge in [-0.1, -0.05) is 31.0 Å². The first-order chi connectivity index (χ1) is 9.65. The molecule has 0 aromatic heterocycles. The van der Waals surface area contributed by atoms with Crippen molar-refractivity contribution in [1.29, 1.82) is 0 Å². The largest absolute Gasteiger partial charge is 0.490 e. The Balaban J connectivity index is 1.62. The van der Waals surface area contributed by atoms with E-state index in [-0.39, 0.29) is 0 Å². The van der Waals surface area contributed by atoms with Crippen molar-refractivity contribution in [1.82, 2.24) is 0 Å². The number of nitrogens with two attached hydrogens (primary N) is 1. The quantitative estimate of drug-likeness (QED) is 0.908. The molecule has 0 bridgehead atoms. The topological polar surface area (TPSA) is 35.2 Å². The normalized spacial score (nSPS) is 32.8. The lowest BCUT2D eigenvalue weighted by Crippen LogP contribution is -2.38. The molecular formula is C18H27NO. The van der Waals surface area contributed by atoms with Gasteiger partial charge in [0.25, 0.3) is 0 Å². The molecule has 0 spiro atoms. The monoisotopic (exact) mass is 273 g/mol. The third-order valence-corrected chi connectivity index (χ3v) is 5.25. The molecule has 2 N–H and O–H groups in total. The van der Waals surface area contributed by atoms with E-state index >= 15 is 0 Å². The van der Waals surface area contributed by atoms with Gasteiger partial charge in [0.05, 0.1) is 0 Å². The van der Waals surface area contributed by atoms with E-state index in [2.05, 4.69) is 32.0 Å². The standard InChI is InChI=1S/C18H27NO/c1-3-13-5-6-17(19)14(9-13)10-16-11-15-8-12(2)4-7-18(15)20-16/h4,7-8,13-14,16-17H,3,5-6,9-11,19H2,1-2H3. The third kappa shape index (κ3) is 2.85. The zero-order valence-electron chi connectivity index (χ0n) is 12.8. The summed E-state index contributed by atoms with van der Waals surface area (Å²) in [7, 11) is 0. The van der Waals surface area contributed by atoms with E-state index in [1.807, 2.05) is 0 Å². The average Bonchev–Trinajstić information content (AvgIpc) is 2.82. The molecule has 0 saturated heterocycles. The van der Waals surface area contributed by atoms with E-state index in [0.717, 1.165) is 24.5 Å². The molecule has 1 aromatic carbocycles. The second-order valence-electron chi connectivity index (χ2n) is 6.80. The van der Waals surface area contributed by atoms with Crippen LogP contribution < -0.4 is 10.5 Å². The molecule has 20 heavy (non-hydrogen) atoms. The van der Waals surface area contributed by atoms with Crippen LogP contribution in [-0.4, -0.2) is 12.1 Å². The first-order valence-electron chi connectivity index (χ1n) is 8.17. The van der Waals surface area contributed by atoms with Crippen LogP contribution in [0.15, 0.2) is 18.2 Å². The highest BCUT2D eigenvalue weighted by atomic mass is 16.5. The van der Waals surface area contributed by atoms with Crippen molar-refractivity contribution in [2.45, 2.75) is 64.5 Å². The van der Waals surface area contributed by atoms with E-state index in [1.165, 1.54) is 36.8 Å². The van der Waals surface area contributed by atoms with Crippen LogP contribution >= 0.6 is 0 Å². The maximum atomic E-state index is 6.35. The van der Waals surface area contributed by atoms with E-state index in [4.69, 9.17) is 10.5 Å². The van der Waals surface area contributed by atoms with Gasteiger partial charge in [0, 0.05) is 12.5 Å². The molecule has 2 aliphatic rings. The van der Waals surface area contributed by atoms with Crippen molar-refractivity contribution < 1.29 is 4.74 Å². The van der Waals surface area contributed by atoms with Crippen LogP contribution in [0.3, 0.4) is 0 Å². The van der Waals surface area contributed by atoms with E-state index < -0.39 is 0 Å². The first kappa shape index (κ1) is 13.9. The van der Waals surface area contributed by atoms with Crippen LogP contribution in [0, 0.1) is 18.8 Å². The minimum Gasteiger partial charge on any atom is -0.490 e. The predicted molar refractivity (Wildman–Crippen MR) is 83.0 cm³/mol. The second-order valence-corrected chi connectivity index (χ2v) is 6.80. The van der Waals surface area contributed by atoms with Crippen LogP contribution in [-0.2, 0) is 6.42 Å². The Morgan fingerprint density at radius 3 is 2.95 bits per heavy atom. The summed E-state index contributed by atoms with van der Waals surface area (Å²) < 4.78 is 6.13. The van der Waals surface area contributed by atoms with Crippen LogP contribution in [0.1, 0.15) is 50.2 Å². The van der Waals surface area contributed by atoms with Crippen LogP contribution in [0.2, 0.25) is 0 Å². The van der Waals surface area contributed by atoms with E-state index in [0.29, 0.717) is 18.1 Å². The summed E-state index contributed by atoms with van der Waals surface area (Å²) in [6, 6.07) is 6.92. The fraction of sp³-hybridized carbons (Fsp3) is 0.667. The Kier molecular flexibility index (Phi) is 4.02. The molecule has 3 rings (SSSR count). The Hall–Kier alpha value is -1.02. The molecule has 4 unspecified atom stereocenters. The SMILES string of the molecule is CCC1CCC(N)C(CC2Cc3cc(C)ccc3O2)C1. The van der Waals surface area contributed by atoms with Crippen molar-refractivity contribution in [3.63, 3.8) is 0 Å². The van der Waals surface area contributed by atoms with Gasteiger partial charge in [-0.15, -0.1) is 0 Å². The van der Waals surface area contributed by atoms with Gasteiger partial charge < -0.3 is 10.5 Å². The number of aryl methyl sites for hydroxylation is 1. The van der Waals surface area contributed by atoms with Gasteiger partial charge in [0.1, 0.15) is 11.9 Å². The van der Waals surface area contributed by atoms with Crippen LogP contribution in [0.4, 0.5) is 0 Å². The van der Waals surface area contributed by atoms with Crippen LogP contribution in [0.25, 0.3) is 0 Å². The fourth-order valence-corrected chi connectivity index (χ4v) is 3.94. The first-order valence-corrected chi connectivity index (χ1v) is 8.17. The molecular weight excluding hydrogens is 246 g/mol.